The second-order valence-electron chi connectivity index (χ2n) is 2.69. The molecule has 0 aromatic rings. The standard InChI is InChI=1S/C8H14O3/c1-3-8(4-2)7(9)10-5-6-11-8/h3-6H2,1-2H3. The Morgan fingerprint density at radius 1 is 1.36 bits per heavy atom. The van der Waals surface area contributed by atoms with Gasteiger partial charge in [0.2, 0.25) is 0 Å². The number of carbonyl (C=O) groups is 1. The van der Waals surface area contributed by atoms with Crippen molar-refractivity contribution in [2.45, 2.75) is 32.3 Å². The van der Waals surface area contributed by atoms with Crippen molar-refractivity contribution in [2.24, 2.45) is 0 Å². The van der Waals surface area contributed by atoms with E-state index in [1.165, 1.54) is 0 Å². The molecule has 0 amide bonds. The molecular formula is C8H14O3. The van der Waals surface area contributed by atoms with Gasteiger partial charge in [-0.3, -0.25) is 0 Å². The second-order valence-corrected chi connectivity index (χ2v) is 2.69. The Balaban J connectivity index is 2.69. The van der Waals surface area contributed by atoms with Crippen molar-refractivity contribution in [2.75, 3.05) is 13.2 Å². The highest BCUT2D eigenvalue weighted by Crippen LogP contribution is 2.24. The molecule has 1 aliphatic heterocycles. The van der Waals surface area contributed by atoms with Crippen LogP contribution in [0.15, 0.2) is 0 Å². The van der Waals surface area contributed by atoms with Gasteiger partial charge in [-0.15, -0.1) is 0 Å². The van der Waals surface area contributed by atoms with Crippen LogP contribution in [0.3, 0.4) is 0 Å². The van der Waals surface area contributed by atoms with Crippen LogP contribution in [0.1, 0.15) is 26.7 Å². The highest BCUT2D eigenvalue weighted by molar-refractivity contribution is 5.79. The maximum absolute atomic E-state index is 11.2. The van der Waals surface area contributed by atoms with Crippen molar-refractivity contribution in [3.63, 3.8) is 0 Å². The fourth-order valence-corrected chi connectivity index (χ4v) is 1.30. The third kappa shape index (κ3) is 1.38. The molecule has 3 heteroatoms. The topological polar surface area (TPSA) is 35.5 Å². The van der Waals surface area contributed by atoms with Crippen LogP contribution in [0, 0.1) is 0 Å². The number of carbonyl (C=O) groups excluding carboxylic acids is 1. The zero-order valence-corrected chi connectivity index (χ0v) is 7.05. The van der Waals surface area contributed by atoms with Crippen LogP contribution in [-0.2, 0) is 14.3 Å². The van der Waals surface area contributed by atoms with E-state index in [1.54, 1.807) is 0 Å². The number of hydrogen-bond donors (Lipinski definition) is 0. The van der Waals surface area contributed by atoms with Gasteiger partial charge in [0.15, 0.2) is 5.60 Å². The molecule has 0 N–H and O–H groups in total. The summed E-state index contributed by atoms with van der Waals surface area (Å²) in [6, 6.07) is 0. The Morgan fingerprint density at radius 2 is 2.00 bits per heavy atom. The molecule has 3 nitrogen and oxygen atoms in total. The van der Waals surface area contributed by atoms with E-state index in [4.69, 9.17) is 9.47 Å². The predicted octanol–water partition coefficient (Wildman–Crippen LogP) is 1.12. The summed E-state index contributed by atoms with van der Waals surface area (Å²) in [6.07, 6.45) is 1.39. The molecule has 0 spiro atoms. The van der Waals surface area contributed by atoms with Crippen molar-refractivity contribution in [3.05, 3.63) is 0 Å². The molecule has 1 fully saturated rings. The lowest BCUT2D eigenvalue weighted by Crippen LogP contribution is -2.46. The van der Waals surface area contributed by atoms with E-state index >= 15 is 0 Å². The smallest absolute Gasteiger partial charge is 0.338 e. The predicted molar refractivity (Wildman–Crippen MR) is 40.2 cm³/mol. The number of ether oxygens (including phenoxy) is 2. The number of esters is 1. The van der Waals surface area contributed by atoms with Crippen molar-refractivity contribution in [1.29, 1.82) is 0 Å². The van der Waals surface area contributed by atoms with Crippen molar-refractivity contribution >= 4 is 5.97 Å². The molecular weight excluding hydrogens is 144 g/mol. The van der Waals surface area contributed by atoms with E-state index in [9.17, 15) is 4.79 Å². The molecule has 1 aliphatic rings. The zero-order chi connectivity index (χ0) is 8.32. The molecule has 0 unspecified atom stereocenters. The maximum atomic E-state index is 11.2. The third-order valence-electron chi connectivity index (χ3n) is 2.21. The van der Waals surface area contributed by atoms with E-state index in [-0.39, 0.29) is 5.97 Å². The summed E-state index contributed by atoms with van der Waals surface area (Å²) in [5.41, 5.74) is -0.641. The van der Waals surface area contributed by atoms with Crippen LogP contribution >= 0.6 is 0 Å². The van der Waals surface area contributed by atoms with Gasteiger partial charge < -0.3 is 9.47 Å². The third-order valence-corrected chi connectivity index (χ3v) is 2.21. The summed E-state index contributed by atoms with van der Waals surface area (Å²) < 4.78 is 10.3. The number of rotatable bonds is 2. The van der Waals surface area contributed by atoms with Crippen molar-refractivity contribution in [3.8, 4) is 0 Å². The van der Waals surface area contributed by atoms with Gasteiger partial charge in [-0.25, -0.2) is 4.79 Å². The van der Waals surface area contributed by atoms with Gasteiger partial charge >= 0.3 is 5.97 Å². The first kappa shape index (κ1) is 8.53. The quantitative estimate of drug-likeness (QED) is 0.565. The van der Waals surface area contributed by atoms with Crippen LogP contribution in [0.5, 0.6) is 0 Å². The van der Waals surface area contributed by atoms with Gasteiger partial charge in [-0.2, -0.15) is 0 Å². The first-order valence-corrected chi connectivity index (χ1v) is 4.06. The Bertz CT molecular complexity index is 149. The SMILES string of the molecule is CCC1(CC)OCCOC1=O. The largest absolute Gasteiger partial charge is 0.461 e. The minimum absolute atomic E-state index is 0.200. The van der Waals surface area contributed by atoms with Gasteiger partial charge in [0.1, 0.15) is 6.61 Å². The van der Waals surface area contributed by atoms with Gasteiger partial charge in [-0.05, 0) is 12.8 Å². The highest BCUT2D eigenvalue weighted by Gasteiger charge is 2.40. The van der Waals surface area contributed by atoms with Gasteiger partial charge in [0.25, 0.3) is 0 Å². The van der Waals surface area contributed by atoms with Crippen molar-refractivity contribution < 1.29 is 14.3 Å². The van der Waals surface area contributed by atoms with Gasteiger partial charge in [0.05, 0.1) is 6.61 Å². The summed E-state index contributed by atoms with van der Waals surface area (Å²) in [7, 11) is 0. The molecule has 0 radical (unpaired) electrons. The molecule has 0 saturated carbocycles. The van der Waals surface area contributed by atoms with E-state index in [0.29, 0.717) is 26.1 Å². The van der Waals surface area contributed by atoms with Crippen LogP contribution in [0.4, 0.5) is 0 Å². The van der Waals surface area contributed by atoms with Crippen LogP contribution in [0.25, 0.3) is 0 Å². The number of hydrogen-bond acceptors (Lipinski definition) is 3. The van der Waals surface area contributed by atoms with Crippen LogP contribution in [-0.4, -0.2) is 24.8 Å². The fourth-order valence-electron chi connectivity index (χ4n) is 1.30. The van der Waals surface area contributed by atoms with E-state index in [0.717, 1.165) is 0 Å². The van der Waals surface area contributed by atoms with Crippen LogP contribution < -0.4 is 0 Å². The lowest BCUT2D eigenvalue weighted by atomic mass is 9.97. The molecule has 64 valence electrons. The maximum Gasteiger partial charge on any atom is 0.338 e. The number of cyclic esters (lactones) is 1. The second kappa shape index (κ2) is 3.22. The average Bonchev–Trinajstić information content (AvgIpc) is 2.06. The lowest BCUT2D eigenvalue weighted by Gasteiger charge is -2.33. The molecule has 0 atom stereocenters. The Labute approximate surface area is 66.7 Å². The molecule has 0 aromatic heterocycles. The molecule has 1 saturated heterocycles. The normalized spacial score (nSPS) is 22.9. The molecule has 1 rings (SSSR count). The molecule has 0 bridgehead atoms. The van der Waals surface area contributed by atoms with E-state index in [2.05, 4.69) is 0 Å². The Morgan fingerprint density at radius 3 is 2.36 bits per heavy atom. The summed E-state index contributed by atoms with van der Waals surface area (Å²) in [5, 5.41) is 0. The summed E-state index contributed by atoms with van der Waals surface area (Å²) in [5.74, 6) is -0.200. The summed E-state index contributed by atoms with van der Waals surface area (Å²) in [6.45, 7) is 4.82. The average molecular weight is 158 g/mol. The molecule has 1 heterocycles. The van der Waals surface area contributed by atoms with E-state index < -0.39 is 5.60 Å². The minimum atomic E-state index is -0.641. The van der Waals surface area contributed by atoms with Crippen molar-refractivity contribution in [1.82, 2.24) is 0 Å². The first-order chi connectivity index (χ1) is 5.25. The zero-order valence-electron chi connectivity index (χ0n) is 7.05. The summed E-state index contributed by atoms with van der Waals surface area (Å²) in [4.78, 5) is 11.2. The monoisotopic (exact) mass is 158 g/mol. The summed E-state index contributed by atoms with van der Waals surface area (Å²) >= 11 is 0. The molecule has 11 heavy (non-hydrogen) atoms. The van der Waals surface area contributed by atoms with Gasteiger partial charge in [-0.1, -0.05) is 13.8 Å². The lowest BCUT2D eigenvalue weighted by molar-refractivity contribution is -0.193. The van der Waals surface area contributed by atoms with E-state index in [1.807, 2.05) is 13.8 Å². The van der Waals surface area contributed by atoms with Crippen LogP contribution in [0.2, 0.25) is 0 Å². The first-order valence-electron chi connectivity index (χ1n) is 4.06. The van der Waals surface area contributed by atoms with Gasteiger partial charge in [0, 0.05) is 0 Å². The Kier molecular flexibility index (Phi) is 2.49. The minimum Gasteiger partial charge on any atom is -0.461 e. The molecule has 0 aliphatic carbocycles. The Hall–Kier alpha value is -0.570. The molecule has 0 aromatic carbocycles. The fraction of sp³-hybridized carbons (Fsp3) is 0.875. The highest BCUT2D eigenvalue weighted by atomic mass is 16.6.